The summed E-state index contributed by atoms with van der Waals surface area (Å²) in [5.41, 5.74) is 4.37. The largest absolute Gasteiger partial charge is 0.467 e. The fourth-order valence-electron chi connectivity index (χ4n) is 3.28. The molecule has 0 bridgehead atoms. The summed E-state index contributed by atoms with van der Waals surface area (Å²) in [6.45, 7) is 2.31. The molecule has 0 atom stereocenters. The van der Waals surface area contributed by atoms with Gasteiger partial charge < -0.3 is 14.4 Å². The Morgan fingerprint density at radius 3 is 2.43 bits per heavy atom. The molecule has 23 heavy (non-hydrogen) atoms. The van der Waals surface area contributed by atoms with Crippen LogP contribution in [0.1, 0.15) is 27.0 Å². The Labute approximate surface area is 135 Å². The predicted octanol–water partition coefficient (Wildman–Crippen LogP) is 2.79. The summed E-state index contributed by atoms with van der Waals surface area (Å²) >= 11 is 0. The molecule has 0 aliphatic carbocycles. The van der Waals surface area contributed by atoms with Crippen LogP contribution in [0.15, 0.2) is 42.5 Å². The quantitative estimate of drug-likeness (QED) is 0.813. The van der Waals surface area contributed by atoms with E-state index in [2.05, 4.69) is 24.3 Å². The Balaban J connectivity index is 1.53. The molecule has 4 nitrogen and oxygen atoms in total. The maximum atomic E-state index is 12.8. The Hall–Kier alpha value is -2.33. The molecule has 0 fully saturated rings. The lowest BCUT2D eigenvalue weighted by molar-refractivity contribution is -0.0164. The van der Waals surface area contributed by atoms with E-state index in [-0.39, 0.29) is 12.7 Å². The Morgan fingerprint density at radius 1 is 0.957 bits per heavy atom. The molecule has 0 unspecified atom stereocenters. The third kappa shape index (κ3) is 2.82. The molecule has 0 radical (unpaired) electrons. The van der Waals surface area contributed by atoms with Crippen molar-refractivity contribution >= 4 is 5.91 Å². The number of hydrogen-bond donors (Lipinski definition) is 0. The molecule has 0 N–H and O–H groups in total. The summed E-state index contributed by atoms with van der Waals surface area (Å²) in [5.74, 6) is 0.905. The van der Waals surface area contributed by atoms with E-state index in [0.29, 0.717) is 12.2 Å². The summed E-state index contributed by atoms with van der Waals surface area (Å²) in [6, 6.07) is 14.1. The second kappa shape index (κ2) is 6.05. The van der Waals surface area contributed by atoms with E-state index < -0.39 is 0 Å². The van der Waals surface area contributed by atoms with Crippen molar-refractivity contribution in [2.24, 2.45) is 0 Å². The zero-order chi connectivity index (χ0) is 15.6. The summed E-state index contributed by atoms with van der Waals surface area (Å²) in [6.07, 6.45) is 1.83. The zero-order valence-electron chi connectivity index (χ0n) is 13.0. The highest BCUT2D eigenvalue weighted by molar-refractivity contribution is 5.94. The Kier molecular flexibility index (Phi) is 3.75. The average Bonchev–Trinajstić information content (AvgIpc) is 2.83. The molecule has 2 aliphatic rings. The Bertz CT molecular complexity index is 714. The van der Waals surface area contributed by atoms with Crippen LogP contribution in [0.5, 0.6) is 5.75 Å². The van der Waals surface area contributed by atoms with Gasteiger partial charge >= 0.3 is 0 Å². The first-order chi connectivity index (χ1) is 11.3. The summed E-state index contributed by atoms with van der Waals surface area (Å²) in [4.78, 5) is 14.8. The average molecular weight is 309 g/mol. The molecule has 118 valence electrons. The molecule has 4 heteroatoms. The number of carbonyl (C=O) groups is 1. The van der Waals surface area contributed by atoms with Crippen LogP contribution in [-0.2, 0) is 24.2 Å². The number of benzene rings is 2. The molecule has 0 saturated heterocycles. The van der Waals surface area contributed by atoms with Crippen LogP contribution in [0.25, 0.3) is 0 Å². The fourth-order valence-corrected chi connectivity index (χ4v) is 3.28. The third-order valence-corrected chi connectivity index (χ3v) is 4.57. The predicted molar refractivity (Wildman–Crippen MR) is 86.5 cm³/mol. The lowest BCUT2D eigenvalue weighted by atomic mass is 10.0. The summed E-state index contributed by atoms with van der Waals surface area (Å²) < 4.78 is 10.7. The van der Waals surface area contributed by atoms with Crippen molar-refractivity contribution < 1.29 is 14.3 Å². The van der Waals surface area contributed by atoms with Gasteiger partial charge in [0.05, 0.1) is 6.61 Å². The second-order valence-electron chi connectivity index (χ2n) is 5.99. The van der Waals surface area contributed by atoms with Gasteiger partial charge in [0.25, 0.3) is 5.91 Å². The molecule has 2 aromatic carbocycles. The highest BCUT2D eigenvalue weighted by Gasteiger charge is 2.21. The monoisotopic (exact) mass is 309 g/mol. The van der Waals surface area contributed by atoms with Crippen molar-refractivity contribution in [2.45, 2.75) is 19.4 Å². The van der Waals surface area contributed by atoms with Crippen LogP contribution in [-0.4, -0.2) is 30.7 Å². The molecule has 4 rings (SSSR count). The maximum absolute atomic E-state index is 12.8. The number of nitrogens with zero attached hydrogens (tertiary/aromatic N) is 1. The van der Waals surface area contributed by atoms with Crippen molar-refractivity contribution in [3.8, 4) is 5.75 Å². The lowest BCUT2D eigenvalue weighted by Gasteiger charge is -2.22. The molecule has 2 aliphatic heterocycles. The van der Waals surface area contributed by atoms with Gasteiger partial charge in [-0.25, -0.2) is 0 Å². The molecule has 0 spiro atoms. The van der Waals surface area contributed by atoms with E-state index in [0.717, 1.165) is 37.2 Å². The maximum Gasteiger partial charge on any atom is 0.253 e. The van der Waals surface area contributed by atoms with E-state index in [1.807, 2.05) is 23.1 Å². The number of amides is 1. The van der Waals surface area contributed by atoms with Crippen LogP contribution >= 0.6 is 0 Å². The van der Waals surface area contributed by atoms with Crippen molar-refractivity contribution in [2.75, 3.05) is 19.9 Å². The number of fused-ring (bicyclic) bond motifs is 2. The van der Waals surface area contributed by atoms with Gasteiger partial charge in [-0.2, -0.15) is 0 Å². The molecule has 2 heterocycles. The molecule has 2 aromatic rings. The Morgan fingerprint density at radius 2 is 1.70 bits per heavy atom. The van der Waals surface area contributed by atoms with Crippen molar-refractivity contribution in [3.63, 3.8) is 0 Å². The highest BCUT2D eigenvalue weighted by atomic mass is 16.7. The normalized spacial score (nSPS) is 16.8. The topological polar surface area (TPSA) is 38.8 Å². The first kappa shape index (κ1) is 14.3. The minimum atomic E-state index is 0.0891. The van der Waals surface area contributed by atoms with Gasteiger partial charge in [-0.05, 0) is 42.2 Å². The lowest BCUT2D eigenvalue weighted by Crippen LogP contribution is -2.33. The van der Waals surface area contributed by atoms with Crippen LogP contribution in [0.3, 0.4) is 0 Å². The minimum absolute atomic E-state index is 0.0891. The van der Waals surface area contributed by atoms with Gasteiger partial charge in [0.2, 0.25) is 0 Å². The van der Waals surface area contributed by atoms with Gasteiger partial charge in [-0.15, -0.1) is 0 Å². The first-order valence-corrected chi connectivity index (χ1v) is 8.01. The molecule has 0 saturated carbocycles. The van der Waals surface area contributed by atoms with E-state index in [1.165, 1.54) is 11.1 Å². The van der Waals surface area contributed by atoms with Gasteiger partial charge in [-0.1, -0.05) is 24.3 Å². The molecular formula is C19H19NO3. The number of carbonyl (C=O) groups excluding carboxylic acids is 1. The van der Waals surface area contributed by atoms with Crippen LogP contribution < -0.4 is 4.74 Å². The van der Waals surface area contributed by atoms with Crippen molar-refractivity contribution in [3.05, 3.63) is 64.7 Å². The minimum Gasteiger partial charge on any atom is -0.467 e. The highest BCUT2D eigenvalue weighted by Crippen LogP contribution is 2.25. The number of ether oxygens (including phenoxy) is 2. The van der Waals surface area contributed by atoms with Crippen LogP contribution in [0, 0.1) is 0 Å². The first-order valence-electron chi connectivity index (χ1n) is 8.01. The molecule has 1 amide bonds. The van der Waals surface area contributed by atoms with E-state index in [4.69, 9.17) is 9.47 Å². The van der Waals surface area contributed by atoms with Gasteiger partial charge in [-0.3, -0.25) is 4.79 Å². The third-order valence-electron chi connectivity index (χ3n) is 4.57. The van der Waals surface area contributed by atoms with Gasteiger partial charge in [0.15, 0.2) is 6.79 Å². The molecular weight excluding hydrogens is 290 g/mol. The smallest absolute Gasteiger partial charge is 0.253 e. The van der Waals surface area contributed by atoms with E-state index in [1.54, 1.807) is 0 Å². The van der Waals surface area contributed by atoms with Crippen LogP contribution in [0.2, 0.25) is 0 Å². The molecule has 0 aromatic heterocycles. The van der Waals surface area contributed by atoms with Gasteiger partial charge in [0, 0.05) is 24.2 Å². The zero-order valence-corrected chi connectivity index (χ0v) is 13.0. The van der Waals surface area contributed by atoms with Crippen LogP contribution in [0.4, 0.5) is 0 Å². The van der Waals surface area contributed by atoms with E-state index in [9.17, 15) is 4.79 Å². The van der Waals surface area contributed by atoms with Crippen molar-refractivity contribution in [1.29, 1.82) is 0 Å². The number of hydrogen-bond acceptors (Lipinski definition) is 3. The summed E-state index contributed by atoms with van der Waals surface area (Å²) in [5, 5.41) is 0. The SMILES string of the molecule is O=C(c1ccc2c(c1)COCO2)N1CCc2ccccc2CC1. The number of rotatable bonds is 1. The standard InChI is InChI=1S/C19H19NO3/c21-19(16-5-6-18-17(11-16)12-22-13-23-18)20-9-7-14-3-1-2-4-15(14)8-10-20/h1-6,11H,7-10,12-13H2. The van der Waals surface area contributed by atoms with Gasteiger partial charge in [0.1, 0.15) is 5.75 Å². The van der Waals surface area contributed by atoms with Crippen molar-refractivity contribution in [1.82, 2.24) is 4.90 Å². The summed E-state index contributed by atoms with van der Waals surface area (Å²) in [7, 11) is 0. The second-order valence-corrected chi connectivity index (χ2v) is 5.99. The fraction of sp³-hybridized carbons (Fsp3) is 0.316. The van der Waals surface area contributed by atoms with E-state index >= 15 is 0 Å².